The van der Waals surface area contributed by atoms with Crippen molar-refractivity contribution in [2.75, 3.05) is 29.5 Å². The minimum Gasteiger partial charge on any atom is -0.389 e. The first-order chi connectivity index (χ1) is 8.09. The Morgan fingerprint density at radius 3 is 2.65 bits per heavy atom. The summed E-state index contributed by atoms with van der Waals surface area (Å²) in [6, 6.07) is 2.04. The highest BCUT2D eigenvalue weighted by molar-refractivity contribution is 7.99. The number of aryl methyl sites for hydroxylation is 2. The second-order valence-electron chi connectivity index (χ2n) is 4.24. The van der Waals surface area contributed by atoms with Crippen LogP contribution in [0.25, 0.3) is 0 Å². The van der Waals surface area contributed by atoms with Gasteiger partial charge in [0.2, 0.25) is 0 Å². The number of aromatic nitrogens is 1. The third-order valence-corrected chi connectivity index (χ3v) is 4.03. The molecule has 3 nitrogen and oxygen atoms in total. The average Bonchev–Trinajstić information content (AvgIpc) is 2.28. The summed E-state index contributed by atoms with van der Waals surface area (Å²) in [7, 11) is 0. The largest absolute Gasteiger partial charge is 0.389 e. The number of hydrogen-bond acceptors (Lipinski definition) is 4. The lowest BCUT2D eigenvalue weighted by Crippen LogP contribution is -2.35. The van der Waals surface area contributed by atoms with E-state index in [1.54, 1.807) is 0 Å². The molecule has 0 aliphatic carbocycles. The summed E-state index contributed by atoms with van der Waals surface area (Å²) in [5, 5.41) is 0. The molecule has 2 N–H and O–H groups in total. The summed E-state index contributed by atoms with van der Waals surface area (Å²) in [5.41, 5.74) is 8.92. The van der Waals surface area contributed by atoms with E-state index in [4.69, 9.17) is 18.0 Å². The van der Waals surface area contributed by atoms with E-state index in [0.717, 1.165) is 47.2 Å². The van der Waals surface area contributed by atoms with Crippen LogP contribution >= 0.6 is 24.0 Å². The summed E-state index contributed by atoms with van der Waals surface area (Å²) in [4.78, 5) is 7.37. The second kappa shape index (κ2) is 5.23. The number of hydrogen-bond donors (Lipinski definition) is 1. The SMILES string of the molecule is Cc1cc(C)c(C(N)=S)c(N2CCSCC2)n1. The smallest absolute Gasteiger partial charge is 0.139 e. The van der Waals surface area contributed by atoms with Crippen LogP contribution in [0.1, 0.15) is 16.8 Å². The molecular formula is C12H17N3S2. The number of thiocarbonyl (C=S) groups is 1. The molecule has 1 aliphatic heterocycles. The van der Waals surface area contributed by atoms with Gasteiger partial charge in [0.05, 0.1) is 5.56 Å². The van der Waals surface area contributed by atoms with Gasteiger partial charge >= 0.3 is 0 Å². The van der Waals surface area contributed by atoms with Gasteiger partial charge in [0.15, 0.2) is 0 Å². The molecular weight excluding hydrogens is 250 g/mol. The Hall–Kier alpha value is -0.810. The fourth-order valence-corrected chi connectivity index (χ4v) is 3.28. The number of nitrogens with two attached hydrogens (primary N) is 1. The molecule has 1 aromatic rings. The third-order valence-electron chi connectivity index (χ3n) is 2.88. The van der Waals surface area contributed by atoms with Crippen LogP contribution in [0.3, 0.4) is 0 Å². The lowest BCUT2D eigenvalue weighted by Gasteiger charge is -2.29. The van der Waals surface area contributed by atoms with E-state index in [2.05, 4.69) is 9.88 Å². The van der Waals surface area contributed by atoms with E-state index in [0.29, 0.717) is 4.99 Å². The van der Waals surface area contributed by atoms with Crippen LogP contribution in [0.15, 0.2) is 6.07 Å². The highest BCUT2D eigenvalue weighted by atomic mass is 32.2. The van der Waals surface area contributed by atoms with E-state index in [9.17, 15) is 0 Å². The van der Waals surface area contributed by atoms with Gasteiger partial charge in [-0.05, 0) is 25.5 Å². The van der Waals surface area contributed by atoms with Crippen LogP contribution in [0.2, 0.25) is 0 Å². The zero-order chi connectivity index (χ0) is 12.4. The zero-order valence-corrected chi connectivity index (χ0v) is 11.8. The first-order valence-corrected chi connectivity index (χ1v) is 7.26. The Labute approximate surface area is 112 Å². The summed E-state index contributed by atoms with van der Waals surface area (Å²) >= 11 is 7.14. The Morgan fingerprint density at radius 2 is 2.06 bits per heavy atom. The van der Waals surface area contributed by atoms with Crippen molar-refractivity contribution in [3.05, 3.63) is 22.9 Å². The minimum absolute atomic E-state index is 0.447. The number of anilines is 1. The zero-order valence-electron chi connectivity index (χ0n) is 10.2. The van der Waals surface area contributed by atoms with Crippen molar-refractivity contribution in [2.45, 2.75) is 13.8 Å². The van der Waals surface area contributed by atoms with E-state index < -0.39 is 0 Å². The van der Waals surface area contributed by atoms with Gasteiger partial charge in [-0.15, -0.1) is 0 Å². The molecule has 2 rings (SSSR count). The lowest BCUT2D eigenvalue weighted by molar-refractivity contribution is 0.833. The molecule has 0 saturated carbocycles. The Balaban J connectivity index is 2.46. The number of rotatable bonds is 2. The molecule has 1 fully saturated rings. The summed E-state index contributed by atoms with van der Waals surface area (Å²) in [6.07, 6.45) is 0. The molecule has 0 spiro atoms. The predicted octanol–water partition coefficient (Wildman–Crippen LogP) is 1.89. The molecule has 0 bridgehead atoms. The Bertz CT molecular complexity index is 440. The van der Waals surface area contributed by atoms with Gasteiger partial charge in [-0.3, -0.25) is 0 Å². The predicted molar refractivity (Wildman–Crippen MR) is 79.1 cm³/mol. The van der Waals surface area contributed by atoms with Crippen molar-refractivity contribution in [2.24, 2.45) is 5.73 Å². The quantitative estimate of drug-likeness (QED) is 0.829. The van der Waals surface area contributed by atoms with E-state index in [1.807, 2.05) is 31.7 Å². The van der Waals surface area contributed by atoms with Crippen LogP contribution in [0.4, 0.5) is 5.82 Å². The van der Waals surface area contributed by atoms with Gasteiger partial charge in [0.25, 0.3) is 0 Å². The summed E-state index contributed by atoms with van der Waals surface area (Å²) < 4.78 is 0. The summed E-state index contributed by atoms with van der Waals surface area (Å²) in [6.45, 7) is 6.11. The molecule has 0 amide bonds. The van der Waals surface area contributed by atoms with Crippen molar-refractivity contribution >= 4 is 34.8 Å². The molecule has 1 saturated heterocycles. The van der Waals surface area contributed by atoms with Crippen LogP contribution in [-0.4, -0.2) is 34.6 Å². The Kier molecular flexibility index (Phi) is 3.89. The molecule has 2 heterocycles. The van der Waals surface area contributed by atoms with Crippen molar-refractivity contribution < 1.29 is 0 Å². The van der Waals surface area contributed by atoms with Gasteiger partial charge < -0.3 is 10.6 Å². The van der Waals surface area contributed by atoms with Gasteiger partial charge in [0, 0.05) is 30.3 Å². The standard InChI is InChI=1S/C12H17N3S2/c1-8-7-9(2)14-12(10(8)11(13)16)15-3-5-17-6-4-15/h7H,3-6H2,1-2H3,(H2,13,16). The third kappa shape index (κ3) is 2.72. The highest BCUT2D eigenvalue weighted by Gasteiger charge is 2.19. The van der Waals surface area contributed by atoms with Crippen molar-refractivity contribution in [3.8, 4) is 0 Å². The van der Waals surface area contributed by atoms with E-state index >= 15 is 0 Å². The summed E-state index contributed by atoms with van der Waals surface area (Å²) in [5.74, 6) is 3.26. The molecule has 5 heteroatoms. The van der Waals surface area contributed by atoms with Gasteiger partial charge in [-0.1, -0.05) is 12.2 Å². The molecule has 1 aliphatic rings. The average molecular weight is 267 g/mol. The monoisotopic (exact) mass is 267 g/mol. The van der Waals surface area contributed by atoms with Crippen LogP contribution in [0, 0.1) is 13.8 Å². The highest BCUT2D eigenvalue weighted by Crippen LogP contribution is 2.25. The fraction of sp³-hybridized carbons (Fsp3) is 0.500. The fourth-order valence-electron chi connectivity index (χ4n) is 2.13. The van der Waals surface area contributed by atoms with E-state index in [-0.39, 0.29) is 0 Å². The van der Waals surface area contributed by atoms with Crippen molar-refractivity contribution in [3.63, 3.8) is 0 Å². The van der Waals surface area contributed by atoms with Crippen molar-refractivity contribution in [1.29, 1.82) is 0 Å². The van der Waals surface area contributed by atoms with Crippen LogP contribution in [-0.2, 0) is 0 Å². The molecule has 1 aromatic heterocycles. The first kappa shape index (κ1) is 12.6. The lowest BCUT2D eigenvalue weighted by atomic mass is 10.1. The normalized spacial score (nSPS) is 16.0. The van der Waals surface area contributed by atoms with E-state index in [1.165, 1.54) is 0 Å². The molecule has 17 heavy (non-hydrogen) atoms. The molecule has 0 aromatic carbocycles. The van der Waals surface area contributed by atoms with Gasteiger partial charge in [-0.25, -0.2) is 4.98 Å². The molecule has 0 unspecified atom stereocenters. The van der Waals surface area contributed by atoms with Gasteiger partial charge in [0.1, 0.15) is 10.8 Å². The molecule has 0 radical (unpaired) electrons. The maximum Gasteiger partial charge on any atom is 0.139 e. The van der Waals surface area contributed by atoms with Crippen molar-refractivity contribution in [1.82, 2.24) is 4.98 Å². The Morgan fingerprint density at radius 1 is 1.41 bits per heavy atom. The second-order valence-corrected chi connectivity index (χ2v) is 5.91. The first-order valence-electron chi connectivity index (χ1n) is 5.70. The molecule has 0 atom stereocenters. The number of pyridine rings is 1. The number of nitrogens with zero attached hydrogens (tertiary/aromatic N) is 2. The minimum atomic E-state index is 0.447. The topological polar surface area (TPSA) is 42.1 Å². The maximum absolute atomic E-state index is 5.83. The van der Waals surface area contributed by atoms with Gasteiger partial charge in [-0.2, -0.15) is 11.8 Å². The van der Waals surface area contributed by atoms with Crippen LogP contribution in [0.5, 0.6) is 0 Å². The number of thioether (sulfide) groups is 1. The van der Waals surface area contributed by atoms with Crippen LogP contribution < -0.4 is 10.6 Å². The maximum atomic E-state index is 5.83. The molecule has 92 valence electrons.